The quantitative estimate of drug-likeness (QED) is 0.380. The number of rotatable bonds is 8. The smallest absolute Gasteiger partial charge is 0.226 e. The minimum atomic E-state index is -3.40. The molecule has 0 spiro atoms. The summed E-state index contributed by atoms with van der Waals surface area (Å²) in [6.45, 7) is 2.31. The van der Waals surface area contributed by atoms with Gasteiger partial charge in [-0.25, -0.2) is 13.4 Å². The summed E-state index contributed by atoms with van der Waals surface area (Å²) in [5, 5.41) is 0. The third kappa shape index (κ3) is 5.22. The number of aromatic nitrogens is 1. The monoisotopic (exact) mass is 433 g/mol. The van der Waals surface area contributed by atoms with Gasteiger partial charge in [-0.15, -0.1) is 0 Å². The molecule has 0 aliphatic rings. The van der Waals surface area contributed by atoms with Crippen molar-refractivity contribution in [3.8, 4) is 17.2 Å². The summed E-state index contributed by atoms with van der Waals surface area (Å²) >= 11 is 0. The van der Waals surface area contributed by atoms with Crippen LogP contribution in [0.2, 0.25) is 0 Å². The van der Waals surface area contributed by atoms with E-state index in [4.69, 9.17) is 9.15 Å². The number of benzene rings is 3. The molecule has 0 unspecified atom stereocenters. The first-order valence-electron chi connectivity index (χ1n) is 10.0. The van der Waals surface area contributed by atoms with Crippen molar-refractivity contribution in [3.63, 3.8) is 0 Å². The molecule has 1 aromatic heterocycles. The van der Waals surface area contributed by atoms with Gasteiger partial charge in [-0.3, -0.25) is 0 Å². The summed E-state index contributed by atoms with van der Waals surface area (Å²) < 4.78 is 36.9. The Morgan fingerprint density at radius 1 is 0.903 bits per heavy atom. The van der Waals surface area contributed by atoms with Gasteiger partial charge in [0.05, 0.1) is 22.9 Å². The first-order valence-corrected chi connectivity index (χ1v) is 11.7. The Hall–Kier alpha value is -3.38. The molecule has 6 heteroatoms. The van der Waals surface area contributed by atoms with Crippen LogP contribution in [-0.2, 0) is 22.0 Å². The Kier molecular flexibility index (Phi) is 6.18. The van der Waals surface area contributed by atoms with Crippen LogP contribution in [0.1, 0.15) is 17.0 Å². The molecule has 4 rings (SSSR count). The summed E-state index contributed by atoms with van der Waals surface area (Å²) in [5.41, 5.74) is 2.47. The van der Waals surface area contributed by atoms with Crippen molar-refractivity contribution in [2.45, 2.75) is 24.0 Å². The first-order chi connectivity index (χ1) is 15.0. The average molecular weight is 434 g/mol. The van der Waals surface area contributed by atoms with Gasteiger partial charge in [-0.2, -0.15) is 0 Å². The Bertz CT molecular complexity index is 1250. The molecule has 0 saturated heterocycles. The Balaban J connectivity index is 1.39. The highest BCUT2D eigenvalue weighted by Gasteiger charge is 2.15. The van der Waals surface area contributed by atoms with Crippen LogP contribution >= 0.6 is 0 Å². The summed E-state index contributed by atoms with van der Waals surface area (Å²) in [7, 11) is -3.40. The van der Waals surface area contributed by atoms with E-state index in [0.29, 0.717) is 35.1 Å². The summed E-state index contributed by atoms with van der Waals surface area (Å²) in [6.07, 6.45) is 0.592. The molecule has 0 bridgehead atoms. The van der Waals surface area contributed by atoms with E-state index in [-0.39, 0.29) is 5.75 Å². The highest BCUT2D eigenvalue weighted by Crippen LogP contribution is 2.23. The molecule has 1 heterocycles. The number of aryl methyl sites for hydroxylation is 1. The maximum Gasteiger partial charge on any atom is 0.226 e. The molecule has 3 aromatic carbocycles. The minimum Gasteiger partial charge on any atom is -0.493 e. The van der Waals surface area contributed by atoms with E-state index >= 15 is 0 Å². The fourth-order valence-electron chi connectivity index (χ4n) is 3.29. The van der Waals surface area contributed by atoms with Crippen molar-refractivity contribution in [2.24, 2.45) is 0 Å². The highest BCUT2D eigenvalue weighted by atomic mass is 32.2. The van der Waals surface area contributed by atoms with Gasteiger partial charge in [0.25, 0.3) is 0 Å². The fourth-order valence-corrected chi connectivity index (χ4v) is 4.64. The van der Waals surface area contributed by atoms with Crippen LogP contribution in [0.25, 0.3) is 11.5 Å². The molecule has 5 nitrogen and oxygen atoms in total. The van der Waals surface area contributed by atoms with Gasteiger partial charge < -0.3 is 9.15 Å². The second-order valence-electron chi connectivity index (χ2n) is 7.21. The molecule has 0 N–H and O–H groups in total. The lowest BCUT2D eigenvalue weighted by Gasteiger charge is -2.08. The summed E-state index contributed by atoms with van der Waals surface area (Å²) in [6, 6.07) is 25.4. The van der Waals surface area contributed by atoms with Gasteiger partial charge in [0.15, 0.2) is 9.84 Å². The van der Waals surface area contributed by atoms with Crippen molar-refractivity contribution >= 4 is 9.84 Å². The third-order valence-electron chi connectivity index (χ3n) is 4.88. The molecule has 0 aliphatic carbocycles. The SMILES string of the molecule is Cc1oc(-c2ccccc2)nc1CCOc1cccc(CS(=O)(=O)c2ccccc2)c1. The third-order valence-corrected chi connectivity index (χ3v) is 6.58. The lowest BCUT2D eigenvalue weighted by molar-refractivity contribution is 0.319. The number of oxazole rings is 1. The van der Waals surface area contributed by atoms with Crippen LogP contribution in [0.5, 0.6) is 5.75 Å². The van der Waals surface area contributed by atoms with E-state index < -0.39 is 9.84 Å². The van der Waals surface area contributed by atoms with Gasteiger partial charge in [0.1, 0.15) is 11.5 Å². The fraction of sp³-hybridized carbons (Fsp3) is 0.160. The predicted molar refractivity (Wildman–Crippen MR) is 120 cm³/mol. The zero-order valence-electron chi connectivity index (χ0n) is 17.2. The van der Waals surface area contributed by atoms with Gasteiger partial charge in [0, 0.05) is 12.0 Å². The predicted octanol–water partition coefficient (Wildman–Crippen LogP) is 5.25. The standard InChI is InChI=1S/C25H23NO4S/c1-19-24(26-25(30-19)21-10-4-2-5-11-21)15-16-29-22-12-8-9-20(17-22)18-31(27,28)23-13-6-3-7-14-23/h2-14,17H,15-16,18H2,1H3. The van der Waals surface area contributed by atoms with E-state index in [1.165, 1.54) is 0 Å². The van der Waals surface area contributed by atoms with Crippen molar-refractivity contribution in [2.75, 3.05) is 6.61 Å². The van der Waals surface area contributed by atoms with E-state index in [9.17, 15) is 8.42 Å². The first kappa shape index (κ1) is 20.9. The van der Waals surface area contributed by atoms with Gasteiger partial charge in [-0.05, 0) is 48.9 Å². The van der Waals surface area contributed by atoms with Crippen LogP contribution in [0.15, 0.2) is 94.2 Å². The minimum absolute atomic E-state index is 0.0724. The molecule has 4 aromatic rings. The molecule has 31 heavy (non-hydrogen) atoms. The second-order valence-corrected chi connectivity index (χ2v) is 9.20. The van der Waals surface area contributed by atoms with E-state index in [1.54, 1.807) is 48.5 Å². The molecular formula is C25H23NO4S. The van der Waals surface area contributed by atoms with Crippen molar-refractivity contribution in [1.82, 2.24) is 4.98 Å². The van der Waals surface area contributed by atoms with Crippen molar-refractivity contribution in [3.05, 3.63) is 102 Å². The van der Waals surface area contributed by atoms with Crippen LogP contribution < -0.4 is 4.74 Å². The highest BCUT2D eigenvalue weighted by molar-refractivity contribution is 7.90. The topological polar surface area (TPSA) is 69.4 Å². The molecule has 0 saturated carbocycles. The summed E-state index contributed by atoms with van der Waals surface area (Å²) in [4.78, 5) is 4.90. The molecule has 0 atom stereocenters. The molecule has 158 valence electrons. The molecular weight excluding hydrogens is 410 g/mol. The molecule has 0 aliphatic heterocycles. The zero-order valence-corrected chi connectivity index (χ0v) is 18.0. The van der Waals surface area contributed by atoms with Crippen LogP contribution in [0.4, 0.5) is 0 Å². The van der Waals surface area contributed by atoms with E-state index in [1.807, 2.05) is 43.3 Å². The average Bonchev–Trinajstić information content (AvgIpc) is 3.15. The molecule has 0 radical (unpaired) electrons. The Morgan fingerprint density at radius 2 is 1.61 bits per heavy atom. The Labute approximate surface area is 182 Å². The normalized spacial score (nSPS) is 11.4. The van der Waals surface area contributed by atoms with E-state index in [2.05, 4.69) is 4.98 Å². The molecule has 0 amide bonds. The maximum absolute atomic E-state index is 12.6. The number of ether oxygens (including phenoxy) is 1. The van der Waals surface area contributed by atoms with Gasteiger partial charge in [0.2, 0.25) is 5.89 Å². The number of hydrogen-bond acceptors (Lipinski definition) is 5. The van der Waals surface area contributed by atoms with Crippen molar-refractivity contribution in [1.29, 1.82) is 0 Å². The van der Waals surface area contributed by atoms with Crippen LogP contribution in [0.3, 0.4) is 0 Å². The second kappa shape index (κ2) is 9.18. The van der Waals surface area contributed by atoms with E-state index in [0.717, 1.165) is 17.0 Å². The maximum atomic E-state index is 12.6. The lowest BCUT2D eigenvalue weighted by Crippen LogP contribution is -2.06. The number of hydrogen-bond donors (Lipinski definition) is 0. The van der Waals surface area contributed by atoms with Crippen molar-refractivity contribution < 1.29 is 17.6 Å². The number of sulfone groups is 1. The zero-order chi connectivity index (χ0) is 21.7. The van der Waals surface area contributed by atoms with Crippen LogP contribution in [0, 0.1) is 6.92 Å². The molecule has 0 fully saturated rings. The van der Waals surface area contributed by atoms with Crippen LogP contribution in [-0.4, -0.2) is 20.0 Å². The lowest BCUT2D eigenvalue weighted by atomic mass is 10.2. The van der Waals surface area contributed by atoms with Gasteiger partial charge >= 0.3 is 0 Å². The number of nitrogens with zero attached hydrogens (tertiary/aromatic N) is 1. The van der Waals surface area contributed by atoms with Gasteiger partial charge in [-0.1, -0.05) is 48.5 Å². The Morgan fingerprint density at radius 3 is 2.35 bits per heavy atom. The summed E-state index contributed by atoms with van der Waals surface area (Å²) in [5.74, 6) is 1.92. The largest absolute Gasteiger partial charge is 0.493 e.